The lowest BCUT2D eigenvalue weighted by Gasteiger charge is -2.17. The molecule has 7 heteroatoms. The molecule has 0 aromatic rings. The molecule has 1 rings (SSSR count). The summed E-state index contributed by atoms with van der Waals surface area (Å²) in [6, 6.07) is -0.520. The van der Waals surface area contributed by atoms with Gasteiger partial charge in [0, 0.05) is 14.2 Å². The zero-order chi connectivity index (χ0) is 10.7. The molecule has 0 spiro atoms. The maximum Gasteiger partial charge on any atom is 0.328 e. The fourth-order valence-corrected chi connectivity index (χ4v) is 1.25. The van der Waals surface area contributed by atoms with Gasteiger partial charge in [0.05, 0.1) is 0 Å². The number of ether oxygens (including phenoxy) is 2. The summed E-state index contributed by atoms with van der Waals surface area (Å²) >= 11 is 0. The highest BCUT2D eigenvalue weighted by molar-refractivity contribution is 5.77. The lowest BCUT2D eigenvalue weighted by atomic mass is 10.5. The zero-order valence-electron chi connectivity index (χ0n) is 8.08. The molecule has 2 atom stereocenters. The van der Waals surface area contributed by atoms with Gasteiger partial charge in [0.1, 0.15) is 13.5 Å². The van der Waals surface area contributed by atoms with Crippen molar-refractivity contribution in [3.05, 3.63) is 0 Å². The van der Waals surface area contributed by atoms with E-state index in [0.717, 1.165) is 9.80 Å². The molecular weight excluding hydrogens is 192 g/mol. The number of hydrogen-bond donors (Lipinski definition) is 2. The maximum atomic E-state index is 11.5. The van der Waals surface area contributed by atoms with E-state index in [1.54, 1.807) is 0 Å². The molecule has 14 heavy (non-hydrogen) atoms. The van der Waals surface area contributed by atoms with Gasteiger partial charge in [-0.25, -0.2) is 4.79 Å². The van der Waals surface area contributed by atoms with Crippen molar-refractivity contribution in [1.29, 1.82) is 0 Å². The van der Waals surface area contributed by atoms with Crippen molar-refractivity contribution in [2.75, 3.05) is 27.7 Å². The molecule has 0 unspecified atom stereocenters. The van der Waals surface area contributed by atoms with E-state index in [-0.39, 0.29) is 13.5 Å². The van der Waals surface area contributed by atoms with Crippen molar-refractivity contribution in [2.24, 2.45) is 0 Å². The van der Waals surface area contributed by atoms with Crippen molar-refractivity contribution in [3.63, 3.8) is 0 Å². The fraction of sp³-hybridized carbons (Fsp3) is 0.857. The van der Waals surface area contributed by atoms with Crippen LogP contribution in [0.1, 0.15) is 0 Å². The predicted molar refractivity (Wildman–Crippen MR) is 44.8 cm³/mol. The average molecular weight is 206 g/mol. The first-order chi connectivity index (χ1) is 6.63. The quantitative estimate of drug-likeness (QED) is 0.589. The van der Waals surface area contributed by atoms with Crippen molar-refractivity contribution < 1.29 is 24.5 Å². The van der Waals surface area contributed by atoms with E-state index in [1.807, 2.05) is 0 Å². The second-order valence-corrected chi connectivity index (χ2v) is 2.88. The number of aliphatic hydroxyl groups excluding tert-OH is 2. The number of rotatable bonds is 4. The number of hydrogen-bond acceptors (Lipinski definition) is 5. The second kappa shape index (κ2) is 4.56. The topological polar surface area (TPSA) is 82.5 Å². The number of nitrogens with zero attached hydrogens (tertiary/aromatic N) is 2. The van der Waals surface area contributed by atoms with Gasteiger partial charge in [0.25, 0.3) is 0 Å². The van der Waals surface area contributed by atoms with Gasteiger partial charge < -0.3 is 19.7 Å². The molecule has 1 aliphatic heterocycles. The van der Waals surface area contributed by atoms with E-state index >= 15 is 0 Å². The first-order valence-electron chi connectivity index (χ1n) is 4.04. The van der Waals surface area contributed by atoms with Crippen LogP contribution >= 0.6 is 0 Å². The Bertz CT molecular complexity index is 192. The lowest BCUT2D eigenvalue weighted by Crippen LogP contribution is -2.38. The molecule has 0 aromatic heterocycles. The van der Waals surface area contributed by atoms with Crippen LogP contribution in [0.15, 0.2) is 0 Å². The lowest BCUT2D eigenvalue weighted by molar-refractivity contribution is -0.0994. The highest BCUT2D eigenvalue weighted by Gasteiger charge is 2.43. The number of aliphatic hydroxyl groups is 2. The van der Waals surface area contributed by atoms with Crippen LogP contribution in [0.5, 0.6) is 0 Å². The Kier molecular flexibility index (Phi) is 3.64. The highest BCUT2D eigenvalue weighted by Crippen LogP contribution is 2.18. The van der Waals surface area contributed by atoms with Crippen LogP contribution in [0.4, 0.5) is 4.79 Å². The smallest absolute Gasteiger partial charge is 0.328 e. The number of urea groups is 1. The van der Waals surface area contributed by atoms with Crippen molar-refractivity contribution in [2.45, 2.75) is 12.5 Å². The number of carbonyl (C=O) groups excluding carboxylic acids is 1. The van der Waals surface area contributed by atoms with E-state index in [1.165, 1.54) is 14.2 Å². The van der Waals surface area contributed by atoms with E-state index < -0.39 is 18.5 Å². The Labute approximate surface area is 81.4 Å². The molecule has 2 N–H and O–H groups in total. The van der Waals surface area contributed by atoms with Crippen LogP contribution in [-0.2, 0) is 9.47 Å². The highest BCUT2D eigenvalue weighted by atomic mass is 16.5. The maximum absolute atomic E-state index is 11.5. The summed E-state index contributed by atoms with van der Waals surface area (Å²) in [6.45, 7) is -0.144. The zero-order valence-corrected chi connectivity index (χ0v) is 8.08. The summed E-state index contributed by atoms with van der Waals surface area (Å²) in [5, 5.41) is 18.9. The molecule has 1 aliphatic rings. The van der Waals surface area contributed by atoms with Crippen LogP contribution in [-0.4, -0.2) is 66.2 Å². The monoisotopic (exact) mass is 206 g/mol. The predicted octanol–water partition coefficient (Wildman–Crippen LogP) is -1.43. The van der Waals surface area contributed by atoms with Crippen molar-refractivity contribution in [3.8, 4) is 0 Å². The molecule has 0 saturated carbocycles. The Morgan fingerprint density at radius 1 is 1.14 bits per heavy atom. The minimum atomic E-state index is -1.28. The summed E-state index contributed by atoms with van der Waals surface area (Å²) in [5.41, 5.74) is 0. The number of methoxy groups -OCH3 is 2. The van der Waals surface area contributed by atoms with Crippen LogP contribution in [0.25, 0.3) is 0 Å². The second-order valence-electron chi connectivity index (χ2n) is 2.88. The van der Waals surface area contributed by atoms with Crippen LogP contribution in [0, 0.1) is 0 Å². The molecule has 82 valence electrons. The van der Waals surface area contributed by atoms with Gasteiger partial charge in [0.2, 0.25) is 0 Å². The molecular formula is C7H14N2O5. The van der Waals surface area contributed by atoms with Gasteiger partial charge in [-0.05, 0) is 0 Å². The Balaban J connectivity index is 2.69. The summed E-state index contributed by atoms with van der Waals surface area (Å²) in [6.07, 6.45) is -2.56. The average Bonchev–Trinajstić information content (AvgIpc) is 2.36. The molecule has 1 saturated heterocycles. The Hall–Kier alpha value is -0.890. The van der Waals surface area contributed by atoms with E-state index in [4.69, 9.17) is 9.47 Å². The molecule has 0 aromatic carbocycles. The third kappa shape index (κ3) is 1.80. The van der Waals surface area contributed by atoms with E-state index in [9.17, 15) is 15.0 Å². The molecule has 7 nitrogen and oxygen atoms in total. The first-order valence-corrected chi connectivity index (χ1v) is 4.04. The van der Waals surface area contributed by atoms with Gasteiger partial charge in [-0.3, -0.25) is 9.80 Å². The largest absolute Gasteiger partial charge is 0.369 e. The normalized spacial score (nSPS) is 27.6. The van der Waals surface area contributed by atoms with E-state index in [2.05, 4.69) is 0 Å². The van der Waals surface area contributed by atoms with Gasteiger partial charge in [-0.2, -0.15) is 0 Å². The van der Waals surface area contributed by atoms with Crippen molar-refractivity contribution >= 4 is 6.03 Å². The molecule has 1 heterocycles. The number of amides is 2. The first kappa shape index (κ1) is 11.2. The molecule has 2 amide bonds. The minimum Gasteiger partial charge on any atom is -0.369 e. The molecule has 0 radical (unpaired) electrons. The third-order valence-corrected chi connectivity index (χ3v) is 1.93. The van der Waals surface area contributed by atoms with Crippen LogP contribution < -0.4 is 0 Å². The summed E-state index contributed by atoms with van der Waals surface area (Å²) in [5.74, 6) is 0. The standard InChI is InChI=1S/C7H14N2O5/c1-13-3-8-5(10)6(11)9(4-14-2)7(8)12/h5-6,10-11H,3-4H2,1-2H3/t5-,6-/m0/s1. The number of carbonyl (C=O) groups is 1. The minimum absolute atomic E-state index is 0.0721. The van der Waals surface area contributed by atoms with Crippen LogP contribution in [0.2, 0.25) is 0 Å². The van der Waals surface area contributed by atoms with Crippen molar-refractivity contribution in [1.82, 2.24) is 9.80 Å². The van der Waals surface area contributed by atoms with Gasteiger partial charge in [-0.1, -0.05) is 0 Å². The SMILES string of the molecule is COCN1C(=O)N(COC)[C@@H](O)[C@@H]1O. The van der Waals surface area contributed by atoms with Gasteiger partial charge >= 0.3 is 6.03 Å². The van der Waals surface area contributed by atoms with Gasteiger partial charge in [-0.15, -0.1) is 0 Å². The van der Waals surface area contributed by atoms with Crippen LogP contribution in [0.3, 0.4) is 0 Å². The molecule has 1 fully saturated rings. The summed E-state index contributed by atoms with van der Waals surface area (Å²) in [4.78, 5) is 13.5. The molecule has 0 bridgehead atoms. The van der Waals surface area contributed by atoms with E-state index in [0.29, 0.717) is 0 Å². The summed E-state index contributed by atoms with van der Waals surface area (Å²) in [7, 11) is 2.79. The fourth-order valence-electron chi connectivity index (χ4n) is 1.25. The Morgan fingerprint density at radius 3 is 1.79 bits per heavy atom. The third-order valence-electron chi connectivity index (χ3n) is 1.93. The summed E-state index contributed by atoms with van der Waals surface area (Å²) < 4.78 is 9.42. The Morgan fingerprint density at radius 2 is 1.50 bits per heavy atom. The molecule has 0 aliphatic carbocycles. The van der Waals surface area contributed by atoms with Gasteiger partial charge in [0.15, 0.2) is 12.5 Å².